The minimum absolute atomic E-state index is 0.00298. The van der Waals surface area contributed by atoms with Crippen molar-refractivity contribution in [1.29, 1.82) is 0 Å². The highest BCUT2D eigenvalue weighted by atomic mass is 32.1. The lowest BCUT2D eigenvalue weighted by molar-refractivity contribution is -0.141. The van der Waals surface area contributed by atoms with Crippen LogP contribution in [0.15, 0.2) is 29.6 Å². The molecule has 1 aromatic carbocycles. The Labute approximate surface area is 112 Å². The Morgan fingerprint density at radius 2 is 2.26 bits per heavy atom. The van der Waals surface area contributed by atoms with Crippen LogP contribution in [-0.4, -0.2) is 33.3 Å². The van der Waals surface area contributed by atoms with E-state index < -0.39 is 0 Å². The summed E-state index contributed by atoms with van der Waals surface area (Å²) < 4.78 is 7.23. The van der Waals surface area contributed by atoms with Gasteiger partial charge in [-0.2, -0.15) is 0 Å². The number of rotatable bonds is 3. The Balaban J connectivity index is 2.07. The predicted molar refractivity (Wildman–Crippen MR) is 70.7 cm³/mol. The molecule has 3 aromatic rings. The van der Waals surface area contributed by atoms with Crippen molar-refractivity contribution in [3.8, 4) is 11.4 Å². The zero-order valence-electron chi connectivity index (χ0n) is 10.1. The number of ether oxygens (including phenoxy) is 1. The third-order valence-corrected chi connectivity index (χ3v) is 3.72. The molecule has 7 heteroatoms. The Kier molecular flexibility index (Phi) is 2.96. The van der Waals surface area contributed by atoms with Gasteiger partial charge in [-0.1, -0.05) is 18.2 Å². The van der Waals surface area contributed by atoms with Crippen LogP contribution in [0.5, 0.6) is 0 Å². The molecule has 6 nitrogen and oxygen atoms in total. The molecule has 0 N–H and O–H groups in total. The van der Waals surface area contributed by atoms with Gasteiger partial charge in [0.15, 0.2) is 5.82 Å². The highest BCUT2D eigenvalue weighted by Crippen LogP contribution is 2.32. The van der Waals surface area contributed by atoms with Crippen LogP contribution in [0.4, 0.5) is 0 Å². The molecule has 0 bridgehead atoms. The molecule has 19 heavy (non-hydrogen) atoms. The summed E-state index contributed by atoms with van der Waals surface area (Å²) in [5.41, 5.74) is 0.925. The maximum absolute atomic E-state index is 11.3. The summed E-state index contributed by atoms with van der Waals surface area (Å²) in [6, 6.07) is 8.00. The molecule has 3 rings (SSSR count). The topological polar surface area (TPSA) is 69.9 Å². The van der Waals surface area contributed by atoms with Crippen molar-refractivity contribution in [3.63, 3.8) is 0 Å². The second-order valence-corrected chi connectivity index (χ2v) is 4.79. The third kappa shape index (κ3) is 2.08. The normalized spacial score (nSPS) is 10.8. The number of benzene rings is 1. The summed E-state index contributed by atoms with van der Waals surface area (Å²) in [5, 5.41) is 14.5. The van der Waals surface area contributed by atoms with Gasteiger partial charge in [0.25, 0.3) is 0 Å². The molecule has 0 saturated carbocycles. The van der Waals surface area contributed by atoms with Crippen LogP contribution in [0.2, 0.25) is 0 Å². The van der Waals surface area contributed by atoms with Crippen molar-refractivity contribution < 1.29 is 9.53 Å². The minimum Gasteiger partial charge on any atom is -0.468 e. The van der Waals surface area contributed by atoms with Gasteiger partial charge in [-0.3, -0.25) is 4.79 Å². The molecule has 2 heterocycles. The molecule has 0 saturated heterocycles. The van der Waals surface area contributed by atoms with Gasteiger partial charge in [0.1, 0.15) is 6.54 Å². The molecule has 0 fully saturated rings. The van der Waals surface area contributed by atoms with Crippen LogP contribution >= 0.6 is 11.3 Å². The Morgan fingerprint density at radius 1 is 1.42 bits per heavy atom. The number of tetrazole rings is 1. The zero-order chi connectivity index (χ0) is 13.2. The fraction of sp³-hybridized carbons (Fsp3) is 0.167. The number of nitrogens with zero attached hydrogens (tertiary/aromatic N) is 4. The number of thiophene rings is 1. The smallest absolute Gasteiger partial charge is 0.327 e. The van der Waals surface area contributed by atoms with E-state index in [1.807, 2.05) is 29.6 Å². The number of esters is 1. The van der Waals surface area contributed by atoms with Gasteiger partial charge >= 0.3 is 5.97 Å². The van der Waals surface area contributed by atoms with Gasteiger partial charge in [0.2, 0.25) is 0 Å². The van der Waals surface area contributed by atoms with Crippen LogP contribution in [0, 0.1) is 0 Å². The van der Waals surface area contributed by atoms with Gasteiger partial charge in [-0.25, -0.2) is 4.68 Å². The number of hydrogen-bond acceptors (Lipinski definition) is 6. The van der Waals surface area contributed by atoms with Crippen LogP contribution in [0.3, 0.4) is 0 Å². The monoisotopic (exact) mass is 274 g/mol. The molecule has 0 spiro atoms. The van der Waals surface area contributed by atoms with Crippen molar-refractivity contribution in [1.82, 2.24) is 20.2 Å². The summed E-state index contributed by atoms with van der Waals surface area (Å²) in [5.74, 6) is 0.191. The summed E-state index contributed by atoms with van der Waals surface area (Å²) in [4.78, 5) is 11.3. The van der Waals surface area contributed by atoms with Crippen molar-refractivity contribution in [2.24, 2.45) is 0 Å². The van der Waals surface area contributed by atoms with E-state index in [9.17, 15) is 4.79 Å². The molecule has 0 amide bonds. The molecular formula is C12H10N4O2S. The number of methoxy groups -OCH3 is 1. The fourth-order valence-corrected chi connectivity index (χ4v) is 2.78. The Bertz CT molecular complexity index is 734. The highest BCUT2D eigenvalue weighted by Gasteiger charge is 2.15. The maximum atomic E-state index is 11.3. The standard InChI is InChI=1S/C12H10N4O2S/c1-18-11(17)6-16-12(13-14-15-16)9-7-19-10-5-3-2-4-8(9)10/h2-5,7H,6H2,1H3. The molecule has 0 aliphatic carbocycles. The van der Waals surface area contributed by atoms with E-state index in [1.165, 1.54) is 11.8 Å². The third-order valence-electron chi connectivity index (χ3n) is 2.76. The largest absolute Gasteiger partial charge is 0.468 e. The number of hydrogen-bond donors (Lipinski definition) is 0. The molecule has 0 radical (unpaired) electrons. The lowest BCUT2D eigenvalue weighted by Gasteiger charge is -2.02. The first kappa shape index (κ1) is 11.8. The quantitative estimate of drug-likeness (QED) is 0.680. The number of aromatic nitrogens is 4. The van der Waals surface area contributed by atoms with E-state index in [0.717, 1.165) is 15.6 Å². The van der Waals surface area contributed by atoms with Crippen LogP contribution in [0.25, 0.3) is 21.5 Å². The van der Waals surface area contributed by atoms with Gasteiger partial charge < -0.3 is 4.74 Å². The van der Waals surface area contributed by atoms with Gasteiger partial charge in [0, 0.05) is 21.0 Å². The van der Waals surface area contributed by atoms with E-state index in [-0.39, 0.29) is 12.5 Å². The van der Waals surface area contributed by atoms with Crippen molar-refractivity contribution in [2.45, 2.75) is 6.54 Å². The average molecular weight is 274 g/mol. The van der Waals surface area contributed by atoms with Crippen LogP contribution in [0.1, 0.15) is 0 Å². The van der Waals surface area contributed by atoms with Crippen molar-refractivity contribution in [2.75, 3.05) is 7.11 Å². The lowest BCUT2D eigenvalue weighted by Crippen LogP contribution is -2.13. The van der Waals surface area contributed by atoms with Crippen LogP contribution in [-0.2, 0) is 16.1 Å². The van der Waals surface area contributed by atoms with Crippen molar-refractivity contribution >= 4 is 27.4 Å². The fourth-order valence-electron chi connectivity index (χ4n) is 1.84. The molecule has 96 valence electrons. The van der Waals surface area contributed by atoms with E-state index in [4.69, 9.17) is 0 Å². The highest BCUT2D eigenvalue weighted by molar-refractivity contribution is 7.17. The second kappa shape index (κ2) is 4.77. The Hall–Kier alpha value is -2.28. The zero-order valence-corrected chi connectivity index (χ0v) is 10.9. The molecular weight excluding hydrogens is 264 g/mol. The van der Waals surface area contributed by atoms with Gasteiger partial charge in [-0.05, 0) is 16.5 Å². The number of fused-ring (bicyclic) bond motifs is 1. The average Bonchev–Trinajstić information content (AvgIpc) is 3.04. The van der Waals surface area contributed by atoms with E-state index in [1.54, 1.807) is 11.3 Å². The second-order valence-electron chi connectivity index (χ2n) is 3.88. The van der Waals surface area contributed by atoms with Gasteiger partial charge in [-0.15, -0.1) is 16.4 Å². The minimum atomic E-state index is -0.381. The van der Waals surface area contributed by atoms with Crippen LogP contribution < -0.4 is 0 Å². The van der Waals surface area contributed by atoms with E-state index in [2.05, 4.69) is 20.3 Å². The summed E-state index contributed by atoms with van der Waals surface area (Å²) in [6.45, 7) is 0.00298. The number of carbonyl (C=O) groups excluding carboxylic acids is 1. The number of carbonyl (C=O) groups is 1. The summed E-state index contributed by atoms with van der Waals surface area (Å²) >= 11 is 1.62. The first-order valence-corrected chi connectivity index (χ1v) is 6.47. The lowest BCUT2D eigenvalue weighted by atomic mass is 10.2. The molecule has 2 aromatic heterocycles. The Morgan fingerprint density at radius 3 is 3.11 bits per heavy atom. The maximum Gasteiger partial charge on any atom is 0.327 e. The SMILES string of the molecule is COC(=O)Cn1nnnc1-c1csc2ccccc12. The molecule has 0 atom stereocenters. The first-order valence-electron chi connectivity index (χ1n) is 5.59. The predicted octanol–water partition coefficient (Wildman–Crippen LogP) is 1.73. The summed E-state index contributed by atoms with van der Waals surface area (Å²) in [7, 11) is 1.34. The van der Waals surface area contributed by atoms with E-state index in [0.29, 0.717) is 5.82 Å². The van der Waals surface area contributed by atoms with Crippen molar-refractivity contribution in [3.05, 3.63) is 29.6 Å². The molecule has 0 aliphatic rings. The van der Waals surface area contributed by atoms with E-state index >= 15 is 0 Å². The van der Waals surface area contributed by atoms with Gasteiger partial charge in [0.05, 0.1) is 7.11 Å². The first-order chi connectivity index (χ1) is 9.29. The molecule has 0 aliphatic heterocycles. The summed E-state index contributed by atoms with van der Waals surface area (Å²) in [6.07, 6.45) is 0. The molecule has 0 unspecified atom stereocenters.